The third kappa shape index (κ3) is 5.10. The summed E-state index contributed by atoms with van der Waals surface area (Å²) >= 11 is 0. The minimum absolute atomic E-state index is 0.112. The number of methoxy groups -OCH3 is 1. The molecule has 1 rings (SSSR count). The standard InChI is InChI=1S/C16H24N2O3/c1-11(2)10-18(8-7-15(19)21-4)16(20)13-6-5-12(3)14(17)9-13/h5-6,9,11H,7-8,10,17H2,1-4H3. The summed E-state index contributed by atoms with van der Waals surface area (Å²) in [7, 11) is 1.34. The van der Waals surface area contributed by atoms with E-state index in [1.165, 1.54) is 7.11 Å². The van der Waals surface area contributed by atoms with E-state index in [0.29, 0.717) is 30.3 Å². The lowest BCUT2D eigenvalue weighted by atomic mass is 10.1. The highest BCUT2D eigenvalue weighted by Crippen LogP contribution is 2.15. The molecule has 0 saturated heterocycles. The highest BCUT2D eigenvalue weighted by molar-refractivity contribution is 5.95. The number of ether oxygens (including phenoxy) is 1. The third-order valence-electron chi connectivity index (χ3n) is 3.21. The van der Waals surface area contributed by atoms with Crippen LogP contribution in [0.25, 0.3) is 0 Å². The van der Waals surface area contributed by atoms with Crippen molar-refractivity contribution >= 4 is 17.6 Å². The number of aryl methyl sites for hydroxylation is 1. The lowest BCUT2D eigenvalue weighted by Gasteiger charge is -2.24. The number of nitrogens with zero attached hydrogens (tertiary/aromatic N) is 1. The largest absolute Gasteiger partial charge is 0.469 e. The third-order valence-corrected chi connectivity index (χ3v) is 3.21. The van der Waals surface area contributed by atoms with Gasteiger partial charge in [0, 0.05) is 24.3 Å². The van der Waals surface area contributed by atoms with Gasteiger partial charge in [-0.25, -0.2) is 0 Å². The average Bonchev–Trinajstić information content (AvgIpc) is 2.44. The predicted molar refractivity (Wildman–Crippen MR) is 83.0 cm³/mol. The van der Waals surface area contributed by atoms with Crippen LogP contribution in [0.2, 0.25) is 0 Å². The van der Waals surface area contributed by atoms with Crippen LogP contribution in [0.3, 0.4) is 0 Å². The molecular weight excluding hydrogens is 268 g/mol. The number of rotatable bonds is 6. The molecule has 0 fully saturated rings. The van der Waals surface area contributed by atoms with Crippen molar-refractivity contribution in [3.05, 3.63) is 29.3 Å². The van der Waals surface area contributed by atoms with Crippen molar-refractivity contribution in [2.24, 2.45) is 5.92 Å². The zero-order valence-corrected chi connectivity index (χ0v) is 13.2. The molecule has 1 aromatic rings. The fourth-order valence-corrected chi connectivity index (χ4v) is 2.00. The summed E-state index contributed by atoms with van der Waals surface area (Å²) in [4.78, 5) is 25.5. The smallest absolute Gasteiger partial charge is 0.307 e. The van der Waals surface area contributed by atoms with Crippen molar-refractivity contribution in [1.29, 1.82) is 0 Å². The first kappa shape index (κ1) is 17.0. The van der Waals surface area contributed by atoms with E-state index in [4.69, 9.17) is 5.73 Å². The van der Waals surface area contributed by atoms with Gasteiger partial charge in [0.05, 0.1) is 13.5 Å². The Labute approximate surface area is 126 Å². The van der Waals surface area contributed by atoms with E-state index in [1.807, 2.05) is 26.8 Å². The Hall–Kier alpha value is -2.04. The lowest BCUT2D eigenvalue weighted by Crippen LogP contribution is -2.36. The number of nitrogens with two attached hydrogens (primary N) is 1. The summed E-state index contributed by atoms with van der Waals surface area (Å²) in [6.07, 6.45) is 0.191. The van der Waals surface area contributed by atoms with Crippen molar-refractivity contribution in [2.45, 2.75) is 27.2 Å². The second-order valence-electron chi connectivity index (χ2n) is 5.54. The van der Waals surface area contributed by atoms with E-state index in [1.54, 1.807) is 17.0 Å². The molecule has 0 aromatic heterocycles. The quantitative estimate of drug-likeness (QED) is 0.644. The number of carbonyl (C=O) groups is 2. The summed E-state index contributed by atoms with van der Waals surface area (Å²) in [5, 5.41) is 0. The van der Waals surface area contributed by atoms with Crippen LogP contribution in [0.4, 0.5) is 5.69 Å². The molecule has 21 heavy (non-hydrogen) atoms. The number of benzene rings is 1. The van der Waals surface area contributed by atoms with Gasteiger partial charge in [-0.05, 0) is 30.5 Å². The first-order valence-corrected chi connectivity index (χ1v) is 7.07. The van der Waals surface area contributed by atoms with Gasteiger partial charge < -0.3 is 15.4 Å². The molecule has 5 heteroatoms. The summed E-state index contributed by atoms with van der Waals surface area (Å²) in [5.41, 5.74) is 7.94. The maximum absolute atomic E-state index is 12.6. The van der Waals surface area contributed by atoms with Crippen LogP contribution < -0.4 is 5.73 Å². The molecule has 0 unspecified atom stereocenters. The van der Waals surface area contributed by atoms with Crippen molar-refractivity contribution < 1.29 is 14.3 Å². The van der Waals surface area contributed by atoms with Crippen molar-refractivity contribution in [1.82, 2.24) is 4.90 Å². The summed E-state index contributed by atoms with van der Waals surface area (Å²) in [6.45, 7) is 6.89. The molecule has 0 aliphatic carbocycles. The molecule has 1 amide bonds. The molecule has 0 bridgehead atoms. The van der Waals surface area contributed by atoms with Gasteiger partial charge in [0.25, 0.3) is 5.91 Å². The first-order chi connectivity index (χ1) is 9.85. The van der Waals surface area contributed by atoms with E-state index in [0.717, 1.165) is 5.56 Å². The van der Waals surface area contributed by atoms with E-state index in [9.17, 15) is 9.59 Å². The topological polar surface area (TPSA) is 72.6 Å². The van der Waals surface area contributed by atoms with Crippen LogP contribution in [0, 0.1) is 12.8 Å². The zero-order valence-electron chi connectivity index (χ0n) is 13.2. The van der Waals surface area contributed by atoms with Gasteiger partial charge in [0.1, 0.15) is 0 Å². The minimum Gasteiger partial charge on any atom is -0.469 e. The molecule has 116 valence electrons. The molecule has 0 aliphatic rings. The van der Waals surface area contributed by atoms with Crippen LogP contribution in [-0.4, -0.2) is 37.0 Å². The molecule has 0 spiro atoms. The highest BCUT2D eigenvalue weighted by Gasteiger charge is 2.18. The Kier molecular flexibility index (Phi) is 6.21. The van der Waals surface area contributed by atoms with Gasteiger partial charge in [-0.15, -0.1) is 0 Å². The molecular formula is C16H24N2O3. The Morgan fingerprint density at radius 3 is 2.52 bits per heavy atom. The molecule has 1 aromatic carbocycles. The van der Waals surface area contributed by atoms with E-state index in [-0.39, 0.29) is 18.3 Å². The Balaban J connectivity index is 2.87. The molecule has 5 nitrogen and oxygen atoms in total. The minimum atomic E-state index is -0.319. The van der Waals surface area contributed by atoms with E-state index >= 15 is 0 Å². The van der Waals surface area contributed by atoms with E-state index < -0.39 is 0 Å². The molecule has 0 atom stereocenters. The zero-order chi connectivity index (χ0) is 16.0. The second kappa shape index (κ2) is 7.67. The molecule has 2 N–H and O–H groups in total. The number of esters is 1. The van der Waals surface area contributed by atoms with Gasteiger partial charge in [-0.2, -0.15) is 0 Å². The Bertz CT molecular complexity index is 512. The molecule has 0 aliphatic heterocycles. The van der Waals surface area contributed by atoms with Crippen LogP contribution in [0.1, 0.15) is 36.2 Å². The highest BCUT2D eigenvalue weighted by atomic mass is 16.5. The first-order valence-electron chi connectivity index (χ1n) is 7.07. The average molecular weight is 292 g/mol. The van der Waals surface area contributed by atoms with E-state index in [2.05, 4.69) is 4.74 Å². The number of carbonyl (C=O) groups excluding carboxylic acids is 2. The monoisotopic (exact) mass is 292 g/mol. The van der Waals surface area contributed by atoms with Crippen LogP contribution in [-0.2, 0) is 9.53 Å². The van der Waals surface area contributed by atoms with Crippen molar-refractivity contribution in [2.75, 3.05) is 25.9 Å². The molecule has 0 saturated carbocycles. The van der Waals surface area contributed by atoms with Crippen molar-refractivity contribution in [3.8, 4) is 0 Å². The number of hydrogen-bond acceptors (Lipinski definition) is 4. The Morgan fingerprint density at radius 1 is 1.33 bits per heavy atom. The lowest BCUT2D eigenvalue weighted by molar-refractivity contribution is -0.140. The fraction of sp³-hybridized carbons (Fsp3) is 0.500. The van der Waals surface area contributed by atoms with Crippen LogP contribution in [0.5, 0.6) is 0 Å². The summed E-state index contributed by atoms with van der Waals surface area (Å²) in [5.74, 6) is -0.117. The number of nitrogen functional groups attached to an aromatic ring is 1. The second-order valence-corrected chi connectivity index (χ2v) is 5.54. The van der Waals surface area contributed by atoms with Gasteiger partial charge in [-0.3, -0.25) is 9.59 Å². The normalized spacial score (nSPS) is 10.5. The molecule has 0 radical (unpaired) electrons. The predicted octanol–water partition coefficient (Wildman–Crippen LogP) is 2.24. The maximum atomic E-state index is 12.6. The Morgan fingerprint density at radius 2 is 2.00 bits per heavy atom. The summed E-state index contributed by atoms with van der Waals surface area (Å²) in [6, 6.07) is 5.28. The fourth-order valence-electron chi connectivity index (χ4n) is 2.00. The molecule has 0 heterocycles. The maximum Gasteiger partial charge on any atom is 0.307 e. The number of hydrogen-bond donors (Lipinski definition) is 1. The van der Waals surface area contributed by atoms with Gasteiger partial charge in [0.15, 0.2) is 0 Å². The van der Waals surface area contributed by atoms with Gasteiger partial charge in [0.2, 0.25) is 0 Å². The van der Waals surface area contributed by atoms with Crippen LogP contribution >= 0.6 is 0 Å². The van der Waals surface area contributed by atoms with Gasteiger partial charge >= 0.3 is 5.97 Å². The van der Waals surface area contributed by atoms with Crippen molar-refractivity contribution in [3.63, 3.8) is 0 Å². The summed E-state index contributed by atoms with van der Waals surface area (Å²) < 4.78 is 4.63. The van der Waals surface area contributed by atoms with Crippen LogP contribution in [0.15, 0.2) is 18.2 Å². The SMILES string of the molecule is COC(=O)CCN(CC(C)C)C(=O)c1ccc(C)c(N)c1. The number of amides is 1. The van der Waals surface area contributed by atoms with Gasteiger partial charge in [-0.1, -0.05) is 19.9 Å². The number of anilines is 1.